The first-order valence-electron chi connectivity index (χ1n) is 9.00. The quantitative estimate of drug-likeness (QED) is 0.348. The van der Waals surface area contributed by atoms with Crippen LogP contribution in [0.25, 0.3) is 0 Å². The smallest absolute Gasteiger partial charge is 0.326 e. The van der Waals surface area contributed by atoms with Gasteiger partial charge >= 0.3 is 5.97 Å². The topological polar surface area (TPSA) is 146 Å². The van der Waals surface area contributed by atoms with Gasteiger partial charge in [0.15, 0.2) is 17.6 Å². The molecule has 2 amide bonds. The molecular weight excluding hydrogens is 410 g/mol. The first-order chi connectivity index (χ1) is 14.7. The average Bonchev–Trinajstić information content (AvgIpc) is 2.77. The summed E-state index contributed by atoms with van der Waals surface area (Å²) in [6.45, 7) is 0.900. The molecule has 0 aromatic heterocycles. The first-order valence-corrected chi connectivity index (χ1v) is 9.00. The standard InChI is InChI=1S/C20H21N3O8/c1-12(19(25)22-14-5-7-15(8-6-14)23(27)28)31-18(24)11-21-20(26)13-4-9-16(29-2)17(10-13)30-3/h4-10,12H,11H2,1-3H3,(H,21,26)(H,22,25). The summed E-state index contributed by atoms with van der Waals surface area (Å²) in [6, 6.07) is 9.69. The van der Waals surface area contributed by atoms with Gasteiger partial charge in [0.2, 0.25) is 0 Å². The number of hydrogen-bond donors (Lipinski definition) is 2. The van der Waals surface area contributed by atoms with Crippen LogP contribution < -0.4 is 20.1 Å². The van der Waals surface area contributed by atoms with E-state index in [1.807, 2.05) is 0 Å². The Labute approximate surface area is 177 Å². The van der Waals surface area contributed by atoms with Crippen LogP contribution in [0.5, 0.6) is 11.5 Å². The predicted molar refractivity (Wildman–Crippen MR) is 109 cm³/mol. The number of amides is 2. The molecule has 2 N–H and O–H groups in total. The van der Waals surface area contributed by atoms with E-state index in [-0.39, 0.29) is 11.3 Å². The molecule has 164 valence electrons. The number of nitrogens with one attached hydrogen (secondary N) is 2. The van der Waals surface area contributed by atoms with Crippen molar-refractivity contribution in [1.29, 1.82) is 0 Å². The third kappa shape index (κ3) is 6.42. The molecule has 31 heavy (non-hydrogen) atoms. The molecule has 11 heteroatoms. The van der Waals surface area contributed by atoms with E-state index < -0.39 is 35.4 Å². The van der Waals surface area contributed by atoms with Crippen molar-refractivity contribution in [2.45, 2.75) is 13.0 Å². The zero-order valence-electron chi connectivity index (χ0n) is 17.0. The SMILES string of the molecule is COc1ccc(C(=O)NCC(=O)OC(C)C(=O)Nc2ccc([N+](=O)[O-])cc2)cc1OC. The maximum atomic E-state index is 12.2. The Hall–Kier alpha value is -4.15. The van der Waals surface area contributed by atoms with E-state index in [0.29, 0.717) is 17.2 Å². The van der Waals surface area contributed by atoms with Gasteiger partial charge in [-0.2, -0.15) is 0 Å². The number of anilines is 1. The second-order valence-corrected chi connectivity index (χ2v) is 6.18. The minimum Gasteiger partial charge on any atom is -0.493 e. The largest absolute Gasteiger partial charge is 0.493 e. The Kier molecular flexibility index (Phi) is 7.89. The van der Waals surface area contributed by atoms with Gasteiger partial charge in [-0.1, -0.05) is 0 Å². The minimum atomic E-state index is -1.15. The van der Waals surface area contributed by atoms with Crippen molar-refractivity contribution in [3.63, 3.8) is 0 Å². The fourth-order valence-electron chi connectivity index (χ4n) is 2.43. The summed E-state index contributed by atoms with van der Waals surface area (Å²) in [5.74, 6) is -1.19. The monoisotopic (exact) mass is 431 g/mol. The molecule has 2 aromatic rings. The van der Waals surface area contributed by atoms with Crippen LogP contribution >= 0.6 is 0 Å². The molecule has 0 fully saturated rings. The maximum Gasteiger partial charge on any atom is 0.326 e. The van der Waals surface area contributed by atoms with Crippen molar-refractivity contribution in [3.05, 3.63) is 58.1 Å². The highest BCUT2D eigenvalue weighted by molar-refractivity contribution is 5.97. The fourth-order valence-corrected chi connectivity index (χ4v) is 2.43. The Morgan fingerprint density at radius 3 is 2.26 bits per heavy atom. The van der Waals surface area contributed by atoms with Crippen molar-refractivity contribution in [2.75, 3.05) is 26.1 Å². The molecular formula is C20H21N3O8. The number of rotatable bonds is 9. The highest BCUT2D eigenvalue weighted by Crippen LogP contribution is 2.27. The number of hydrogen-bond acceptors (Lipinski definition) is 8. The lowest BCUT2D eigenvalue weighted by atomic mass is 10.2. The van der Waals surface area contributed by atoms with Crippen LogP contribution in [-0.4, -0.2) is 49.6 Å². The third-order valence-corrected chi connectivity index (χ3v) is 4.06. The Morgan fingerprint density at radius 2 is 1.68 bits per heavy atom. The molecule has 2 aromatic carbocycles. The van der Waals surface area contributed by atoms with Crippen molar-refractivity contribution >= 4 is 29.2 Å². The van der Waals surface area contributed by atoms with Gasteiger partial charge in [0, 0.05) is 23.4 Å². The van der Waals surface area contributed by atoms with Crippen LogP contribution in [0, 0.1) is 10.1 Å². The van der Waals surface area contributed by atoms with Gasteiger partial charge < -0.3 is 24.8 Å². The van der Waals surface area contributed by atoms with E-state index in [1.54, 1.807) is 6.07 Å². The van der Waals surface area contributed by atoms with Crippen LogP contribution in [0.2, 0.25) is 0 Å². The molecule has 0 spiro atoms. The molecule has 1 atom stereocenters. The summed E-state index contributed by atoms with van der Waals surface area (Å²) < 4.78 is 15.2. The molecule has 11 nitrogen and oxygen atoms in total. The molecule has 0 aliphatic carbocycles. The van der Waals surface area contributed by atoms with E-state index in [0.717, 1.165) is 0 Å². The van der Waals surface area contributed by atoms with Crippen molar-refractivity contribution in [3.8, 4) is 11.5 Å². The maximum absolute atomic E-state index is 12.2. The van der Waals surface area contributed by atoms with Crippen molar-refractivity contribution < 1.29 is 33.5 Å². The Balaban J connectivity index is 1.85. The summed E-state index contributed by atoms with van der Waals surface area (Å²) in [7, 11) is 2.90. The second kappa shape index (κ2) is 10.6. The normalized spacial score (nSPS) is 11.1. The summed E-state index contributed by atoms with van der Waals surface area (Å²) >= 11 is 0. The number of nitrogens with zero attached hydrogens (tertiary/aromatic N) is 1. The van der Waals surface area contributed by atoms with Crippen molar-refractivity contribution in [2.24, 2.45) is 0 Å². The van der Waals surface area contributed by atoms with E-state index in [2.05, 4.69) is 10.6 Å². The predicted octanol–water partition coefficient (Wildman–Crippen LogP) is 1.91. The van der Waals surface area contributed by atoms with Crippen molar-refractivity contribution in [1.82, 2.24) is 5.32 Å². The molecule has 1 unspecified atom stereocenters. The molecule has 0 saturated carbocycles. The van der Waals surface area contributed by atoms with E-state index in [9.17, 15) is 24.5 Å². The number of esters is 1. The highest BCUT2D eigenvalue weighted by Gasteiger charge is 2.19. The number of non-ortho nitro benzene ring substituents is 1. The number of benzene rings is 2. The van der Waals surface area contributed by atoms with Gasteiger partial charge in [0.25, 0.3) is 17.5 Å². The zero-order chi connectivity index (χ0) is 23.0. The van der Waals surface area contributed by atoms with E-state index in [1.165, 1.54) is 57.5 Å². The average molecular weight is 431 g/mol. The van der Waals surface area contributed by atoms with Crippen LogP contribution in [0.15, 0.2) is 42.5 Å². The number of carbonyl (C=O) groups excluding carboxylic acids is 3. The molecule has 0 heterocycles. The zero-order valence-corrected chi connectivity index (χ0v) is 17.0. The highest BCUT2D eigenvalue weighted by atomic mass is 16.6. The lowest BCUT2D eigenvalue weighted by molar-refractivity contribution is -0.384. The molecule has 0 radical (unpaired) electrons. The third-order valence-electron chi connectivity index (χ3n) is 4.06. The first kappa shape index (κ1) is 23.1. The molecule has 0 aliphatic rings. The fraction of sp³-hybridized carbons (Fsp3) is 0.250. The lowest BCUT2D eigenvalue weighted by Gasteiger charge is -2.14. The van der Waals surface area contributed by atoms with Gasteiger partial charge in [0.1, 0.15) is 6.54 Å². The number of nitro groups is 1. The minimum absolute atomic E-state index is 0.123. The summed E-state index contributed by atoms with van der Waals surface area (Å²) in [5, 5.41) is 15.5. The molecule has 0 bridgehead atoms. The second-order valence-electron chi connectivity index (χ2n) is 6.18. The van der Waals surface area contributed by atoms with Crippen LogP contribution in [0.3, 0.4) is 0 Å². The summed E-state index contributed by atoms with van der Waals surface area (Å²) in [4.78, 5) is 46.4. The van der Waals surface area contributed by atoms with Gasteiger partial charge in [-0.05, 0) is 37.3 Å². The molecule has 0 aliphatic heterocycles. The Morgan fingerprint density at radius 1 is 1.03 bits per heavy atom. The van der Waals surface area contributed by atoms with E-state index >= 15 is 0 Å². The number of ether oxygens (including phenoxy) is 3. The number of nitro benzene ring substituents is 1. The van der Waals surface area contributed by atoms with Crippen LogP contribution in [-0.2, 0) is 14.3 Å². The molecule has 2 rings (SSSR count). The number of methoxy groups -OCH3 is 2. The van der Waals surface area contributed by atoms with Gasteiger partial charge in [-0.3, -0.25) is 24.5 Å². The van der Waals surface area contributed by atoms with Gasteiger partial charge in [-0.15, -0.1) is 0 Å². The van der Waals surface area contributed by atoms with Gasteiger partial charge in [0.05, 0.1) is 19.1 Å². The Bertz CT molecular complexity index is 975. The van der Waals surface area contributed by atoms with Crippen LogP contribution in [0.1, 0.15) is 17.3 Å². The summed E-state index contributed by atoms with van der Waals surface area (Å²) in [6.07, 6.45) is -1.15. The van der Waals surface area contributed by atoms with Gasteiger partial charge in [-0.25, -0.2) is 0 Å². The summed E-state index contributed by atoms with van der Waals surface area (Å²) in [5.41, 5.74) is 0.428. The van der Waals surface area contributed by atoms with E-state index in [4.69, 9.17) is 14.2 Å². The molecule has 0 saturated heterocycles. The number of carbonyl (C=O) groups is 3. The lowest BCUT2D eigenvalue weighted by Crippen LogP contribution is -2.35. The van der Waals surface area contributed by atoms with Crippen LogP contribution in [0.4, 0.5) is 11.4 Å².